The molecule has 3 aromatic carbocycles. The lowest BCUT2D eigenvalue weighted by molar-refractivity contribution is -0.120. The Hall–Kier alpha value is -3.31. The Kier molecular flexibility index (Phi) is 9.01. The summed E-state index contributed by atoms with van der Waals surface area (Å²) in [5, 5.41) is 3.64. The Balaban J connectivity index is 1.25. The molecule has 0 saturated heterocycles. The van der Waals surface area contributed by atoms with E-state index in [4.69, 9.17) is 21.3 Å². The molecule has 0 aliphatic heterocycles. The third kappa shape index (κ3) is 6.88. The maximum Gasteiger partial charge on any atom is 0.224 e. The standard InChI is InChI=1S/C30H34ClN3O2/c1-22-15-16-25(20-23(22)2)36-19-18-34-28-13-8-7-12-27(28)33-29(34)14-4-3-9-17-32-30(35)21-24-10-5-6-11-26(24)31/h5-8,10-13,15-16,20H,3-4,9,14,17-19,21H2,1-2H3,(H,32,35). The van der Waals surface area contributed by atoms with E-state index in [9.17, 15) is 4.79 Å². The van der Waals surface area contributed by atoms with Gasteiger partial charge in [-0.05, 0) is 73.7 Å². The SMILES string of the molecule is Cc1ccc(OCCn2c(CCCCCNC(=O)Cc3ccccc3Cl)nc3ccccc32)cc1C. The molecule has 5 nitrogen and oxygen atoms in total. The van der Waals surface area contributed by atoms with E-state index >= 15 is 0 Å². The summed E-state index contributed by atoms with van der Waals surface area (Å²) in [6.45, 7) is 6.23. The van der Waals surface area contributed by atoms with Crippen LogP contribution in [0, 0.1) is 13.8 Å². The number of halogens is 1. The van der Waals surface area contributed by atoms with E-state index in [1.165, 1.54) is 11.1 Å². The lowest BCUT2D eigenvalue weighted by Gasteiger charge is -2.12. The van der Waals surface area contributed by atoms with Gasteiger partial charge in [0.15, 0.2) is 0 Å². The number of carbonyl (C=O) groups excluding carboxylic acids is 1. The van der Waals surface area contributed by atoms with Crippen molar-refractivity contribution in [2.24, 2.45) is 0 Å². The number of nitrogens with zero attached hydrogens (tertiary/aromatic N) is 2. The number of aromatic nitrogens is 2. The van der Waals surface area contributed by atoms with E-state index in [0.717, 1.165) is 60.4 Å². The number of amides is 1. The van der Waals surface area contributed by atoms with Gasteiger partial charge >= 0.3 is 0 Å². The maximum absolute atomic E-state index is 12.2. The molecule has 0 fully saturated rings. The number of hydrogen-bond acceptors (Lipinski definition) is 3. The highest BCUT2D eigenvalue weighted by molar-refractivity contribution is 6.31. The normalized spacial score (nSPS) is 11.1. The van der Waals surface area contributed by atoms with E-state index in [2.05, 4.69) is 54.1 Å². The number of nitrogens with one attached hydrogen (secondary N) is 1. The second-order valence-corrected chi connectivity index (χ2v) is 9.60. The molecule has 1 N–H and O–H groups in total. The molecule has 0 spiro atoms. The zero-order valence-electron chi connectivity index (χ0n) is 21.1. The minimum atomic E-state index is 0.00802. The van der Waals surface area contributed by atoms with Gasteiger partial charge in [0, 0.05) is 18.0 Å². The van der Waals surface area contributed by atoms with Crippen molar-refractivity contribution in [3.05, 3.63) is 94.3 Å². The number of hydrogen-bond donors (Lipinski definition) is 1. The van der Waals surface area contributed by atoms with Crippen molar-refractivity contribution < 1.29 is 9.53 Å². The molecule has 1 amide bonds. The molecule has 6 heteroatoms. The van der Waals surface area contributed by atoms with Gasteiger partial charge in [0.25, 0.3) is 0 Å². The van der Waals surface area contributed by atoms with Crippen LogP contribution in [0.15, 0.2) is 66.7 Å². The summed E-state index contributed by atoms with van der Waals surface area (Å²) in [4.78, 5) is 17.1. The van der Waals surface area contributed by atoms with Gasteiger partial charge in [-0.3, -0.25) is 4.79 Å². The number of aryl methyl sites for hydroxylation is 3. The second kappa shape index (κ2) is 12.6. The summed E-state index contributed by atoms with van der Waals surface area (Å²) in [6, 6.07) is 22.0. The predicted molar refractivity (Wildman–Crippen MR) is 147 cm³/mol. The zero-order chi connectivity index (χ0) is 25.3. The molecule has 4 rings (SSSR count). The highest BCUT2D eigenvalue weighted by Gasteiger charge is 2.11. The van der Waals surface area contributed by atoms with Crippen molar-refractivity contribution in [1.82, 2.24) is 14.9 Å². The molecule has 0 aliphatic carbocycles. The van der Waals surface area contributed by atoms with Crippen LogP contribution >= 0.6 is 11.6 Å². The highest BCUT2D eigenvalue weighted by atomic mass is 35.5. The first-order valence-electron chi connectivity index (χ1n) is 12.7. The number of unbranched alkanes of at least 4 members (excludes halogenated alkanes) is 2. The third-order valence-corrected chi connectivity index (χ3v) is 6.87. The van der Waals surface area contributed by atoms with Crippen LogP contribution in [0.1, 0.15) is 41.8 Å². The Morgan fingerprint density at radius 2 is 1.78 bits per heavy atom. The van der Waals surface area contributed by atoms with Gasteiger partial charge in [0.1, 0.15) is 18.2 Å². The smallest absolute Gasteiger partial charge is 0.224 e. The van der Waals surface area contributed by atoms with E-state index in [1.807, 2.05) is 36.4 Å². The van der Waals surface area contributed by atoms with Crippen molar-refractivity contribution in [1.29, 1.82) is 0 Å². The van der Waals surface area contributed by atoms with Crippen LogP contribution in [0.4, 0.5) is 0 Å². The van der Waals surface area contributed by atoms with Gasteiger partial charge < -0.3 is 14.6 Å². The first-order chi connectivity index (χ1) is 17.5. The Labute approximate surface area is 218 Å². The Morgan fingerprint density at radius 1 is 0.972 bits per heavy atom. The van der Waals surface area contributed by atoms with Crippen molar-refractivity contribution in [3.8, 4) is 5.75 Å². The van der Waals surface area contributed by atoms with Gasteiger partial charge in [0.2, 0.25) is 5.91 Å². The van der Waals surface area contributed by atoms with Gasteiger partial charge in [0.05, 0.1) is 24.0 Å². The largest absolute Gasteiger partial charge is 0.492 e. The van der Waals surface area contributed by atoms with E-state index in [1.54, 1.807) is 0 Å². The van der Waals surface area contributed by atoms with Gasteiger partial charge in [-0.15, -0.1) is 0 Å². The fraction of sp³-hybridized carbons (Fsp3) is 0.333. The number of rotatable bonds is 12. The van der Waals surface area contributed by atoms with Crippen molar-refractivity contribution in [2.75, 3.05) is 13.2 Å². The number of ether oxygens (including phenoxy) is 1. The average Bonchev–Trinajstić information content (AvgIpc) is 3.22. The van der Waals surface area contributed by atoms with Gasteiger partial charge in [-0.2, -0.15) is 0 Å². The predicted octanol–water partition coefficient (Wildman–Crippen LogP) is 6.46. The summed E-state index contributed by atoms with van der Waals surface area (Å²) < 4.78 is 8.33. The second-order valence-electron chi connectivity index (χ2n) is 9.19. The molecule has 0 bridgehead atoms. The quantitative estimate of drug-likeness (QED) is 0.226. The molecule has 188 valence electrons. The van der Waals surface area contributed by atoms with Crippen molar-refractivity contribution >= 4 is 28.5 Å². The first kappa shape index (κ1) is 25.8. The molecule has 0 saturated carbocycles. The highest BCUT2D eigenvalue weighted by Crippen LogP contribution is 2.20. The summed E-state index contributed by atoms with van der Waals surface area (Å²) in [6.07, 6.45) is 4.18. The molecule has 0 aliphatic rings. The molecule has 0 atom stereocenters. The minimum Gasteiger partial charge on any atom is -0.492 e. The molecule has 0 unspecified atom stereocenters. The summed E-state index contributed by atoms with van der Waals surface area (Å²) >= 11 is 6.15. The first-order valence-corrected chi connectivity index (χ1v) is 13.0. The molecule has 36 heavy (non-hydrogen) atoms. The number of imidazole rings is 1. The number of benzene rings is 3. The van der Waals surface area contributed by atoms with Crippen LogP contribution in [0.5, 0.6) is 5.75 Å². The monoisotopic (exact) mass is 503 g/mol. The summed E-state index contributed by atoms with van der Waals surface area (Å²) in [7, 11) is 0. The topological polar surface area (TPSA) is 56.1 Å². The molecule has 4 aromatic rings. The third-order valence-electron chi connectivity index (χ3n) is 6.50. The zero-order valence-corrected chi connectivity index (χ0v) is 21.9. The van der Waals surface area contributed by atoms with E-state index in [0.29, 0.717) is 24.6 Å². The number of carbonyl (C=O) groups is 1. The van der Waals surface area contributed by atoms with Crippen LogP contribution in [0.2, 0.25) is 5.02 Å². The lowest BCUT2D eigenvalue weighted by Crippen LogP contribution is -2.26. The lowest BCUT2D eigenvalue weighted by atomic mass is 10.1. The number of para-hydroxylation sites is 2. The van der Waals surface area contributed by atoms with E-state index in [-0.39, 0.29) is 5.91 Å². The van der Waals surface area contributed by atoms with Crippen molar-refractivity contribution in [2.45, 2.75) is 52.5 Å². The minimum absolute atomic E-state index is 0.00802. The van der Waals surface area contributed by atoms with E-state index < -0.39 is 0 Å². The van der Waals surface area contributed by atoms with Gasteiger partial charge in [-0.25, -0.2) is 4.98 Å². The number of fused-ring (bicyclic) bond motifs is 1. The molecular weight excluding hydrogens is 470 g/mol. The fourth-order valence-electron chi connectivity index (χ4n) is 4.31. The Morgan fingerprint density at radius 3 is 2.61 bits per heavy atom. The van der Waals surface area contributed by atoms with Crippen LogP contribution < -0.4 is 10.1 Å². The summed E-state index contributed by atoms with van der Waals surface area (Å²) in [5.74, 6) is 2.00. The Bertz CT molecular complexity index is 1310. The fourth-order valence-corrected chi connectivity index (χ4v) is 4.52. The molecule has 1 heterocycles. The molecule has 1 aromatic heterocycles. The van der Waals surface area contributed by atoms with Crippen molar-refractivity contribution in [3.63, 3.8) is 0 Å². The van der Waals surface area contributed by atoms with Gasteiger partial charge in [-0.1, -0.05) is 54.4 Å². The van der Waals surface area contributed by atoms with Crippen LogP contribution in [-0.2, 0) is 24.2 Å². The molecule has 0 radical (unpaired) electrons. The van der Waals surface area contributed by atoms with Crippen LogP contribution in [0.25, 0.3) is 11.0 Å². The molecular formula is C30H34ClN3O2. The summed E-state index contributed by atoms with van der Waals surface area (Å²) in [5.41, 5.74) is 5.53. The van der Waals surface area contributed by atoms with Crippen LogP contribution in [-0.4, -0.2) is 28.6 Å². The van der Waals surface area contributed by atoms with Crippen LogP contribution in [0.3, 0.4) is 0 Å². The maximum atomic E-state index is 12.2. The average molecular weight is 504 g/mol.